The lowest BCUT2D eigenvalue weighted by Crippen LogP contribution is -2.32. The molecule has 0 atom stereocenters. The number of benzene rings is 2. The molecule has 32 heavy (non-hydrogen) atoms. The molecular weight excluding hydrogens is 394 g/mol. The molecule has 0 aliphatic rings. The minimum atomic E-state index is 0.805. The molecule has 0 amide bonds. The van der Waals surface area contributed by atoms with Crippen LogP contribution in [0.15, 0.2) is 79.1 Å². The minimum absolute atomic E-state index is 0.805. The molecule has 0 aliphatic carbocycles. The molecule has 0 bridgehead atoms. The minimum Gasteiger partial charge on any atom is -0.497 e. The topological polar surface area (TPSA) is 22.3 Å². The Balaban J connectivity index is 1.17. The molecule has 3 nitrogen and oxygen atoms in total. The summed E-state index contributed by atoms with van der Waals surface area (Å²) in [5.41, 5.74) is 2.38. The summed E-state index contributed by atoms with van der Waals surface area (Å²) in [6.07, 6.45) is 16.1. The highest BCUT2D eigenvalue weighted by atomic mass is 16.5. The molecule has 0 saturated carbocycles. The van der Waals surface area contributed by atoms with Gasteiger partial charge in [-0.3, -0.25) is 0 Å². The second kappa shape index (κ2) is 14.3. The second-order valence-electron chi connectivity index (χ2n) is 8.40. The summed E-state index contributed by atoms with van der Waals surface area (Å²) in [6.45, 7) is 1.95. The van der Waals surface area contributed by atoms with Gasteiger partial charge in [-0.15, -0.1) is 0 Å². The molecule has 0 N–H and O–H groups in total. The van der Waals surface area contributed by atoms with E-state index in [2.05, 4.69) is 71.6 Å². The summed E-state index contributed by atoms with van der Waals surface area (Å²) in [4.78, 5) is 0. The Morgan fingerprint density at radius 2 is 1.06 bits per heavy atom. The highest BCUT2D eigenvalue weighted by Gasteiger charge is 2.01. The number of methoxy groups -OCH3 is 1. The maximum absolute atomic E-state index is 5.92. The highest BCUT2D eigenvalue weighted by molar-refractivity contribution is 5.64. The molecule has 1 heterocycles. The van der Waals surface area contributed by atoms with Crippen molar-refractivity contribution in [1.29, 1.82) is 0 Å². The van der Waals surface area contributed by atoms with Crippen molar-refractivity contribution < 1.29 is 14.0 Å². The van der Waals surface area contributed by atoms with E-state index >= 15 is 0 Å². The van der Waals surface area contributed by atoms with Crippen LogP contribution in [0.3, 0.4) is 0 Å². The van der Waals surface area contributed by atoms with E-state index in [1.54, 1.807) is 7.11 Å². The Morgan fingerprint density at radius 3 is 1.62 bits per heavy atom. The van der Waals surface area contributed by atoms with Gasteiger partial charge < -0.3 is 9.47 Å². The first kappa shape index (κ1) is 23.8. The van der Waals surface area contributed by atoms with Gasteiger partial charge in [0.2, 0.25) is 0 Å². The van der Waals surface area contributed by atoms with Gasteiger partial charge in [-0.25, -0.2) is 4.57 Å². The van der Waals surface area contributed by atoms with Gasteiger partial charge in [-0.1, -0.05) is 68.9 Å². The number of hydrogen-bond acceptors (Lipinski definition) is 2. The Morgan fingerprint density at radius 1 is 0.562 bits per heavy atom. The summed E-state index contributed by atoms with van der Waals surface area (Å²) < 4.78 is 13.4. The monoisotopic (exact) mass is 432 g/mol. The van der Waals surface area contributed by atoms with Gasteiger partial charge >= 0.3 is 0 Å². The number of unbranched alkanes of at least 4 members (excludes halogenated alkanes) is 8. The van der Waals surface area contributed by atoms with E-state index in [4.69, 9.17) is 9.47 Å². The molecule has 2 aromatic carbocycles. The molecule has 0 fully saturated rings. The van der Waals surface area contributed by atoms with Crippen LogP contribution < -0.4 is 14.0 Å². The predicted octanol–water partition coefficient (Wildman–Crippen LogP) is 7.24. The van der Waals surface area contributed by atoms with Crippen molar-refractivity contribution in [3.8, 4) is 22.6 Å². The molecule has 0 spiro atoms. The van der Waals surface area contributed by atoms with Crippen LogP contribution in [-0.2, 0) is 6.54 Å². The fourth-order valence-electron chi connectivity index (χ4n) is 3.93. The average Bonchev–Trinajstić information content (AvgIpc) is 2.86. The number of hydrogen-bond donors (Lipinski definition) is 0. The third-order valence-corrected chi connectivity index (χ3v) is 5.88. The largest absolute Gasteiger partial charge is 0.497 e. The number of pyridine rings is 1. The number of aryl methyl sites for hydroxylation is 1. The smallest absolute Gasteiger partial charge is 0.168 e. The number of nitrogens with zero attached hydrogens (tertiary/aromatic N) is 1. The van der Waals surface area contributed by atoms with Gasteiger partial charge in [0.25, 0.3) is 0 Å². The summed E-state index contributed by atoms with van der Waals surface area (Å²) in [5.74, 6) is 1.84. The van der Waals surface area contributed by atoms with Crippen molar-refractivity contribution in [1.82, 2.24) is 0 Å². The first-order valence-corrected chi connectivity index (χ1v) is 12.2. The van der Waals surface area contributed by atoms with Gasteiger partial charge in [0.05, 0.1) is 13.7 Å². The number of ether oxygens (including phenoxy) is 2. The molecular formula is C29H38NO2+. The molecule has 0 saturated heterocycles. The van der Waals surface area contributed by atoms with Gasteiger partial charge in [-0.2, -0.15) is 0 Å². The van der Waals surface area contributed by atoms with E-state index in [0.717, 1.165) is 31.1 Å². The third kappa shape index (κ3) is 8.74. The van der Waals surface area contributed by atoms with Crippen LogP contribution in [-0.4, -0.2) is 13.7 Å². The van der Waals surface area contributed by atoms with Gasteiger partial charge in [0.15, 0.2) is 12.4 Å². The zero-order valence-corrected chi connectivity index (χ0v) is 19.5. The summed E-state index contributed by atoms with van der Waals surface area (Å²) in [7, 11) is 1.69. The van der Waals surface area contributed by atoms with Crippen LogP contribution in [0.25, 0.3) is 11.1 Å². The molecule has 3 heteroatoms. The van der Waals surface area contributed by atoms with Crippen molar-refractivity contribution in [2.75, 3.05) is 13.7 Å². The van der Waals surface area contributed by atoms with Crippen LogP contribution >= 0.6 is 0 Å². The lowest BCUT2D eigenvalue weighted by atomic mass is 10.1. The van der Waals surface area contributed by atoms with E-state index in [9.17, 15) is 0 Å². The quantitative estimate of drug-likeness (QED) is 0.186. The molecule has 3 aromatic rings. The SMILES string of the molecule is COc1ccc(-c2ccc(OCCCCCCCCCCC[n+]3ccccc3)cc2)cc1. The van der Waals surface area contributed by atoms with Gasteiger partial charge in [-0.05, 0) is 48.2 Å². The Hall–Kier alpha value is -2.81. The van der Waals surface area contributed by atoms with Crippen LogP contribution in [0.2, 0.25) is 0 Å². The first-order chi connectivity index (χ1) is 15.8. The third-order valence-electron chi connectivity index (χ3n) is 5.88. The maximum atomic E-state index is 5.92. The van der Waals surface area contributed by atoms with Crippen LogP contribution in [0.5, 0.6) is 11.5 Å². The average molecular weight is 433 g/mol. The van der Waals surface area contributed by atoms with Crippen LogP contribution in [0, 0.1) is 0 Å². The summed E-state index contributed by atoms with van der Waals surface area (Å²) >= 11 is 0. The maximum Gasteiger partial charge on any atom is 0.168 e. The van der Waals surface area contributed by atoms with E-state index in [1.807, 2.05) is 12.1 Å². The van der Waals surface area contributed by atoms with Crippen molar-refractivity contribution >= 4 is 0 Å². The molecule has 0 radical (unpaired) electrons. The Labute approximate surface area is 194 Å². The normalized spacial score (nSPS) is 10.8. The molecule has 1 aromatic heterocycles. The van der Waals surface area contributed by atoms with Crippen molar-refractivity contribution in [2.45, 2.75) is 64.3 Å². The highest BCUT2D eigenvalue weighted by Crippen LogP contribution is 2.24. The van der Waals surface area contributed by atoms with Gasteiger partial charge in [0, 0.05) is 18.6 Å². The standard InChI is InChI=1S/C29H38NO2/c1-31-28-18-14-26(15-19-28)27-16-20-29(21-17-27)32-25-13-8-6-4-2-3-5-7-10-22-30-23-11-9-12-24-30/h9,11-12,14-21,23-24H,2-8,10,13,22,25H2,1H3/q+1. The predicted molar refractivity (Wildman–Crippen MR) is 132 cm³/mol. The lowest BCUT2D eigenvalue weighted by Gasteiger charge is -2.08. The molecule has 0 unspecified atom stereocenters. The fourth-order valence-corrected chi connectivity index (χ4v) is 3.93. The molecule has 170 valence electrons. The zero-order chi connectivity index (χ0) is 22.3. The van der Waals surface area contributed by atoms with E-state index in [-0.39, 0.29) is 0 Å². The van der Waals surface area contributed by atoms with Crippen LogP contribution in [0.4, 0.5) is 0 Å². The zero-order valence-electron chi connectivity index (χ0n) is 19.5. The molecule has 3 rings (SSSR count). The molecule has 0 aliphatic heterocycles. The van der Waals surface area contributed by atoms with E-state index in [1.165, 1.54) is 62.5 Å². The van der Waals surface area contributed by atoms with Gasteiger partial charge in [0.1, 0.15) is 18.0 Å². The van der Waals surface area contributed by atoms with Crippen molar-refractivity contribution in [3.05, 3.63) is 79.1 Å². The Kier molecular flexibility index (Phi) is 10.6. The summed E-state index contributed by atoms with van der Waals surface area (Å²) in [5, 5.41) is 0. The lowest BCUT2D eigenvalue weighted by molar-refractivity contribution is -0.697. The Bertz CT molecular complexity index is 860. The van der Waals surface area contributed by atoms with Crippen molar-refractivity contribution in [2.24, 2.45) is 0 Å². The number of aromatic nitrogens is 1. The second-order valence-corrected chi connectivity index (χ2v) is 8.40. The fraction of sp³-hybridized carbons (Fsp3) is 0.414. The van der Waals surface area contributed by atoms with Crippen LogP contribution in [0.1, 0.15) is 57.8 Å². The van der Waals surface area contributed by atoms with Crippen molar-refractivity contribution in [3.63, 3.8) is 0 Å². The first-order valence-electron chi connectivity index (χ1n) is 12.2. The summed E-state index contributed by atoms with van der Waals surface area (Å²) in [6, 6.07) is 22.8. The number of rotatable bonds is 15. The van der Waals surface area contributed by atoms with E-state index in [0.29, 0.717) is 0 Å². The van der Waals surface area contributed by atoms with E-state index < -0.39 is 0 Å².